The quantitative estimate of drug-likeness (QED) is 0.623. The van der Waals surface area contributed by atoms with Crippen LogP contribution in [0.25, 0.3) is 0 Å². The third-order valence-corrected chi connectivity index (χ3v) is 5.19. The van der Waals surface area contributed by atoms with Crippen LogP contribution in [0, 0.1) is 11.7 Å². The fourth-order valence-corrected chi connectivity index (χ4v) is 4.30. The zero-order chi connectivity index (χ0) is 13.2. The molecule has 1 saturated heterocycles. The van der Waals surface area contributed by atoms with Crippen LogP contribution >= 0.6 is 0 Å². The van der Waals surface area contributed by atoms with Gasteiger partial charge in [-0.25, -0.2) is 12.8 Å². The van der Waals surface area contributed by atoms with Gasteiger partial charge in [0.05, 0.1) is 11.5 Å². The molecule has 1 aliphatic heterocycles. The Kier molecular flexibility index (Phi) is 3.99. The Bertz CT molecular complexity index is 519. The number of nitrogens with two attached hydrogens (primary N) is 1. The zero-order valence-corrected chi connectivity index (χ0v) is 10.8. The first-order valence-corrected chi connectivity index (χ1v) is 7.73. The van der Waals surface area contributed by atoms with Gasteiger partial charge in [-0.15, -0.1) is 0 Å². The topological polar surface area (TPSA) is 72.2 Å². The second-order valence-corrected chi connectivity index (χ2v) is 7.00. The molecule has 2 unspecified atom stereocenters. The summed E-state index contributed by atoms with van der Waals surface area (Å²) in [5.74, 6) is 5.59. The number of rotatable bonds is 4. The molecule has 18 heavy (non-hydrogen) atoms. The molecule has 0 aliphatic carbocycles. The summed E-state index contributed by atoms with van der Waals surface area (Å²) in [6.07, 6.45) is 1.15. The van der Waals surface area contributed by atoms with E-state index in [-0.39, 0.29) is 29.3 Å². The van der Waals surface area contributed by atoms with Crippen molar-refractivity contribution in [2.45, 2.75) is 18.9 Å². The van der Waals surface area contributed by atoms with Gasteiger partial charge in [-0.05, 0) is 36.5 Å². The number of benzene rings is 1. The van der Waals surface area contributed by atoms with Gasteiger partial charge in [0.25, 0.3) is 0 Å². The second-order valence-electron chi connectivity index (χ2n) is 4.77. The van der Waals surface area contributed by atoms with Crippen LogP contribution in [0.5, 0.6) is 0 Å². The van der Waals surface area contributed by atoms with Crippen LogP contribution in [-0.4, -0.2) is 26.0 Å². The Morgan fingerprint density at radius 2 is 2.28 bits per heavy atom. The molecule has 1 fully saturated rings. The lowest BCUT2D eigenvalue weighted by atomic mass is 9.93. The summed E-state index contributed by atoms with van der Waals surface area (Å²) in [6, 6.07) is 6.16. The minimum Gasteiger partial charge on any atom is -0.271 e. The van der Waals surface area contributed by atoms with Crippen LogP contribution in [0.15, 0.2) is 24.3 Å². The molecule has 1 aromatic carbocycles. The van der Waals surface area contributed by atoms with Crippen molar-refractivity contribution in [2.24, 2.45) is 11.8 Å². The van der Waals surface area contributed by atoms with Crippen molar-refractivity contribution in [1.82, 2.24) is 5.43 Å². The van der Waals surface area contributed by atoms with E-state index in [0.29, 0.717) is 12.8 Å². The van der Waals surface area contributed by atoms with Gasteiger partial charge in [-0.2, -0.15) is 0 Å². The third kappa shape index (κ3) is 3.28. The van der Waals surface area contributed by atoms with E-state index < -0.39 is 9.84 Å². The molecule has 0 spiro atoms. The Balaban J connectivity index is 2.06. The molecule has 2 rings (SSSR count). The molecule has 100 valence electrons. The predicted molar refractivity (Wildman–Crippen MR) is 68.0 cm³/mol. The molecule has 4 nitrogen and oxygen atoms in total. The van der Waals surface area contributed by atoms with Crippen LogP contribution in [-0.2, 0) is 16.3 Å². The number of sulfone groups is 1. The average Bonchev–Trinajstić information content (AvgIpc) is 2.66. The van der Waals surface area contributed by atoms with E-state index in [0.717, 1.165) is 5.56 Å². The SMILES string of the molecule is NNC(Cc1cccc(F)c1)C1CCS(=O)(=O)C1. The van der Waals surface area contributed by atoms with E-state index in [2.05, 4.69) is 5.43 Å². The van der Waals surface area contributed by atoms with Gasteiger partial charge in [0, 0.05) is 6.04 Å². The molecule has 6 heteroatoms. The Labute approximate surface area is 106 Å². The molecular formula is C12H17FN2O2S. The summed E-state index contributed by atoms with van der Waals surface area (Å²) >= 11 is 0. The molecule has 3 N–H and O–H groups in total. The van der Waals surface area contributed by atoms with Crippen molar-refractivity contribution in [3.05, 3.63) is 35.6 Å². The van der Waals surface area contributed by atoms with Crippen molar-refractivity contribution in [2.75, 3.05) is 11.5 Å². The van der Waals surface area contributed by atoms with Gasteiger partial charge in [0.2, 0.25) is 0 Å². The van der Waals surface area contributed by atoms with Gasteiger partial charge in [0.1, 0.15) is 5.82 Å². The summed E-state index contributed by atoms with van der Waals surface area (Å²) in [6.45, 7) is 0. The van der Waals surface area contributed by atoms with E-state index in [1.807, 2.05) is 6.07 Å². The molecule has 1 aliphatic rings. The molecule has 0 saturated carbocycles. The standard InChI is InChI=1S/C12H17FN2O2S/c13-11-3-1-2-9(6-11)7-12(15-14)10-4-5-18(16,17)8-10/h1-3,6,10,12,15H,4-5,7-8,14H2. The molecule has 0 aromatic heterocycles. The van der Waals surface area contributed by atoms with Crippen molar-refractivity contribution < 1.29 is 12.8 Å². The summed E-state index contributed by atoms with van der Waals surface area (Å²) in [7, 11) is -2.92. The minimum absolute atomic E-state index is 0.00303. The van der Waals surface area contributed by atoms with Crippen LogP contribution in [0.1, 0.15) is 12.0 Å². The first-order chi connectivity index (χ1) is 8.50. The number of hydrazine groups is 1. The highest BCUT2D eigenvalue weighted by Crippen LogP contribution is 2.23. The van der Waals surface area contributed by atoms with Gasteiger partial charge >= 0.3 is 0 Å². The van der Waals surface area contributed by atoms with E-state index >= 15 is 0 Å². The normalized spacial score (nSPS) is 24.0. The van der Waals surface area contributed by atoms with E-state index in [9.17, 15) is 12.8 Å². The highest BCUT2D eigenvalue weighted by atomic mass is 32.2. The fourth-order valence-electron chi connectivity index (χ4n) is 2.42. The largest absolute Gasteiger partial charge is 0.271 e. The highest BCUT2D eigenvalue weighted by molar-refractivity contribution is 7.91. The first-order valence-electron chi connectivity index (χ1n) is 5.91. The van der Waals surface area contributed by atoms with E-state index in [4.69, 9.17) is 5.84 Å². The lowest BCUT2D eigenvalue weighted by molar-refractivity contribution is 0.384. The third-order valence-electron chi connectivity index (χ3n) is 3.40. The molecule has 0 bridgehead atoms. The summed E-state index contributed by atoms with van der Waals surface area (Å²) in [5.41, 5.74) is 3.48. The molecular weight excluding hydrogens is 255 g/mol. The summed E-state index contributed by atoms with van der Waals surface area (Å²) in [5, 5.41) is 0. The lowest BCUT2D eigenvalue weighted by Crippen LogP contribution is -2.43. The molecule has 1 heterocycles. The lowest BCUT2D eigenvalue weighted by Gasteiger charge is -2.21. The van der Waals surface area contributed by atoms with Crippen LogP contribution in [0.2, 0.25) is 0 Å². The van der Waals surface area contributed by atoms with Crippen LogP contribution < -0.4 is 11.3 Å². The van der Waals surface area contributed by atoms with Gasteiger partial charge in [-0.3, -0.25) is 11.3 Å². The van der Waals surface area contributed by atoms with Crippen molar-refractivity contribution >= 4 is 9.84 Å². The zero-order valence-electron chi connectivity index (χ0n) is 9.97. The molecule has 0 radical (unpaired) electrons. The fraction of sp³-hybridized carbons (Fsp3) is 0.500. The monoisotopic (exact) mass is 272 g/mol. The average molecular weight is 272 g/mol. The maximum Gasteiger partial charge on any atom is 0.150 e. The van der Waals surface area contributed by atoms with Crippen molar-refractivity contribution in [3.8, 4) is 0 Å². The maximum atomic E-state index is 13.1. The Morgan fingerprint density at radius 3 is 2.83 bits per heavy atom. The number of halogens is 1. The Hall–Kier alpha value is -0.980. The Morgan fingerprint density at radius 1 is 1.50 bits per heavy atom. The van der Waals surface area contributed by atoms with Gasteiger partial charge in [-0.1, -0.05) is 12.1 Å². The summed E-state index contributed by atoms with van der Waals surface area (Å²) in [4.78, 5) is 0. The minimum atomic E-state index is -2.92. The molecule has 2 atom stereocenters. The number of hydrogen-bond acceptors (Lipinski definition) is 4. The van der Waals surface area contributed by atoms with Crippen molar-refractivity contribution in [3.63, 3.8) is 0 Å². The van der Waals surface area contributed by atoms with E-state index in [1.54, 1.807) is 6.07 Å². The van der Waals surface area contributed by atoms with Crippen LogP contribution in [0.3, 0.4) is 0 Å². The van der Waals surface area contributed by atoms with E-state index in [1.165, 1.54) is 12.1 Å². The second kappa shape index (κ2) is 5.34. The van der Waals surface area contributed by atoms with Crippen LogP contribution in [0.4, 0.5) is 4.39 Å². The molecule has 0 amide bonds. The number of nitrogens with one attached hydrogen (secondary N) is 1. The summed E-state index contributed by atoms with van der Waals surface area (Å²) < 4.78 is 36.0. The smallest absolute Gasteiger partial charge is 0.150 e. The van der Waals surface area contributed by atoms with Gasteiger partial charge < -0.3 is 0 Å². The van der Waals surface area contributed by atoms with Crippen molar-refractivity contribution in [1.29, 1.82) is 0 Å². The first kappa shape index (κ1) is 13.5. The number of hydrogen-bond donors (Lipinski definition) is 2. The molecule has 1 aromatic rings. The maximum absolute atomic E-state index is 13.1. The highest BCUT2D eigenvalue weighted by Gasteiger charge is 2.33. The van der Waals surface area contributed by atoms with Gasteiger partial charge in [0.15, 0.2) is 9.84 Å². The predicted octanol–water partition coefficient (Wildman–Crippen LogP) is 0.635.